The molecule has 1 aromatic carbocycles. The number of rotatable bonds is 3. The van der Waals surface area contributed by atoms with Crippen LogP contribution in [0.3, 0.4) is 0 Å². The number of anilines is 1. The van der Waals surface area contributed by atoms with Crippen LogP contribution in [0.2, 0.25) is 0 Å². The van der Waals surface area contributed by atoms with E-state index in [1.54, 1.807) is 0 Å². The number of likely N-dealkylation sites (tertiary alicyclic amines) is 1. The van der Waals surface area contributed by atoms with Crippen LogP contribution in [0.1, 0.15) is 26.2 Å². The highest BCUT2D eigenvalue weighted by atomic mass is 79.9. The molecule has 2 unspecified atom stereocenters. The summed E-state index contributed by atoms with van der Waals surface area (Å²) in [5.74, 6) is 0. The van der Waals surface area contributed by atoms with Crippen molar-refractivity contribution in [1.29, 1.82) is 0 Å². The van der Waals surface area contributed by atoms with Gasteiger partial charge in [0.15, 0.2) is 0 Å². The lowest BCUT2D eigenvalue weighted by Gasteiger charge is -2.20. The lowest BCUT2D eigenvalue weighted by atomic mass is 10.2. The van der Waals surface area contributed by atoms with E-state index < -0.39 is 0 Å². The Balaban J connectivity index is 1.72. The second-order valence-electron chi connectivity index (χ2n) is 5.60. The number of hydrogen-bond donors (Lipinski definition) is 1. The summed E-state index contributed by atoms with van der Waals surface area (Å²) in [5, 5.41) is 3.69. The Kier molecular flexibility index (Phi) is 4.28. The molecule has 2 nitrogen and oxygen atoms in total. The van der Waals surface area contributed by atoms with Crippen molar-refractivity contribution in [3.05, 3.63) is 25.6 Å². The van der Waals surface area contributed by atoms with Crippen molar-refractivity contribution >= 4 is 53.5 Å². The van der Waals surface area contributed by atoms with E-state index >= 15 is 0 Å². The predicted octanol–water partition coefficient (Wildman–Crippen LogP) is 5.01. The topological polar surface area (TPSA) is 15.3 Å². The molecule has 1 aliphatic heterocycles. The van der Waals surface area contributed by atoms with Gasteiger partial charge in [-0.3, -0.25) is 4.90 Å². The van der Waals surface area contributed by atoms with Gasteiger partial charge in [0.2, 0.25) is 0 Å². The SMILES string of the molecule is CC1CC(Nc2c(Br)cc(Br)cc2Br)CN1C1CC1. The molecule has 5 heteroatoms. The van der Waals surface area contributed by atoms with Crippen LogP contribution in [-0.2, 0) is 0 Å². The Hall–Kier alpha value is 0.420. The molecule has 0 spiro atoms. The molecule has 1 saturated heterocycles. The van der Waals surface area contributed by atoms with E-state index in [0.29, 0.717) is 12.1 Å². The van der Waals surface area contributed by atoms with Gasteiger partial charge in [-0.1, -0.05) is 15.9 Å². The number of halogens is 3. The van der Waals surface area contributed by atoms with Gasteiger partial charge in [-0.05, 0) is 70.2 Å². The van der Waals surface area contributed by atoms with Crippen LogP contribution < -0.4 is 5.32 Å². The summed E-state index contributed by atoms with van der Waals surface area (Å²) in [6.45, 7) is 3.52. The van der Waals surface area contributed by atoms with E-state index in [-0.39, 0.29) is 0 Å². The third kappa shape index (κ3) is 3.20. The van der Waals surface area contributed by atoms with Gasteiger partial charge in [-0.15, -0.1) is 0 Å². The first-order valence-electron chi connectivity index (χ1n) is 6.71. The Morgan fingerprint density at radius 1 is 1.16 bits per heavy atom. The normalized spacial score (nSPS) is 27.8. The van der Waals surface area contributed by atoms with Crippen molar-refractivity contribution in [2.45, 2.75) is 44.3 Å². The molecule has 3 rings (SSSR count). The molecule has 104 valence electrons. The second kappa shape index (κ2) is 5.66. The van der Waals surface area contributed by atoms with Crippen LogP contribution in [0.15, 0.2) is 25.6 Å². The minimum absolute atomic E-state index is 0.546. The molecule has 0 radical (unpaired) electrons. The first-order chi connectivity index (χ1) is 9.04. The summed E-state index contributed by atoms with van der Waals surface area (Å²) >= 11 is 10.8. The van der Waals surface area contributed by atoms with Crippen LogP contribution in [0.25, 0.3) is 0 Å². The summed E-state index contributed by atoms with van der Waals surface area (Å²) < 4.78 is 3.29. The van der Waals surface area contributed by atoms with Crippen molar-refractivity contribution in [2.24, 2.45) is 0 Å². The molecular formula is C14H17Br3N2. The highest BCUT2D eigenvalue weighted by Gasteiger charge is 2.38. The zero-order chi connectivity index (χ0) is 13.6. The maximum atomic E-state index is 3.69. The van der Waals surface area contributed by atoms with Gasteiger partial charge in [0.05, 0.1) is 5.69 Å². The van der Waals surface area contributed by atoms with Gasteiger partial charge in [0.25, 0.3) is 0 Å². The first kappa shape index (κ1) is 14.4. The zero-order valence-electron chi connectivity index (χ0n) is 10.8. The van der Waals surface area contributed by atoms with E-state index in [0.717, 1.165) is 25.1 Å². The molecule has 1 aromatic rings. The van der Waals surface area contributed by atoms with E-state index in [2.05, 4.69) is 77.1 Å². The molecule has 1 aliphatic carbocycles. The van der Waals surface area contributed by atoms with Crippen LogP contribution in [0.5, 0.6) is 0 Å². The first-order valence-corrected chi connectivity index (χ1v) is 9.09. The minimum atomic E-state index is 0.546. The summed E-state index contributed by atoms with van der Waals surface area (Å²) in [6, 6.07) is 6.29. The molecule has 2 fully saturated rings. The van der Waals surface area contributed by atoms with E-state index in [1.807, 2.05) is 0 Å². The predicted molar refractivity (Wildman–Crippen MR) is 90.8 cm³/mol. The maximum absolute atomic E-state index is 3.69. The van der Waals surface area contributed by atoms with Gasteiger partial charge in [-0.2, -0.15) is 0 Å². The van der Waals surface area contributed by atoms with E-state index in [1.165, 1.54) is 25.8 Å². The zero-order valence-corrected chi connectivity index (χ0v) is 15.6. The molecule has 19 heavy (non-hydrogen) atoms. The molecule has 1 heterocycles. The average Bonchev–Trinajstić information content (AvgIpc) is 3.09. The van der Waals surface area contributed by atoms with Crippen LogP contribution in [0, 0.1) is 0 Å². The average molecular weight is 453 g/mol. The number of benzene rings is 1. The standard InChI is InChI=1S/C14H17Br3N2/c1-8-4-10(7-19(8)11-2-3-11)18-14-12(16)5-9(15)6-13(14)17/h5-6,8,10-11,18H,2-4,7H2,1H3. The van der Waals surface area contributed by atoms with E-state index in [4.69, 9.17) is 0 Å². The van der Waals surface area contributed by atoms with Crippen LogP contribution in [-0.4, -0.2) is 29.6 Å². The lowest BCUT2D eigenvalue weighted by molar-refractivity contribution is 0.257. The molecule has 0 aromatic heterocycles. The third-order valence-electron chi connectivity index (χ3n) is 3.99. The Morgan fingerprint density at radius 2 is 1.79 bits per heavy atom. The van der Waals surface area contributed by atoms with Crippen molar-refractivity contribution in [3.63, 3.8) is 0 Å². The van der Waals surface area contributed by atoms with Crippen molar-refractivity contribution in [2.75, 3.05) is 11.9 Å². The largest absolute Gasteiger partial charge is 0.379 e. The fraction of sp³-hybridized carbons (Fsp3) is 0.571. The highest BCUT2D eigenvalue weighted by Crippen LogP contribution is 2.38. The maximum Gasteiger partial charge on any atom is 0.0632 e. The van der Waals surface area contributed by atoms with Gasteiger partial charge in [0.1, 0.15) is 0 Å². The summed E-state index contributed by atoms with van der Waals surface area (Å²) in [4.78, 5) is 2.67. The van der Waals surface area contributed by atoms with Crippen molar-refractivity contribution < 1.29 is 0 Å². The van der Waals surface area contributed by atoms with E-state index in [9.17, 15) is 0 Å². The monoisotopic (exact) mass is 450 g/mol. The number of nitrogens with one attached hydrogen (secondary N) is 1. The molecule has 2 aliphatic rings. The van der Waals surface area contributed by atoms with Gasteiger partial charge in [0, 0.05) is 38.1 Å². The van der Waals surface area contributed by atoms with Crippen molar-refractivity contribution in [1.82, 2.24) is 4.90 Å². The Morgan fingerprint density at radius 3 is 2.37 bits per heavy atom. The molecule has 0 amide bonds. The Labute approximate surface area is 139 Å². The number of nitrogens with zero attached hydrogens (tertiary/aromatic N) is 1. The smallest absolute Gasteiger partial charge is 0.0632 e. The minimum Gasteiger partial charge on any atom is -0.379 e. The highest BCUT2D eigenvalue weighted by molar-refractivity contribution is 9.11. The third-order valence-corrected chi connectivity index (χ3v) is 5.70. The molecule has 1 saturated carbocycles. The fourth-order valence-electron chi connectivity index (χ4n) is 2.96. The molecule has 1 N–H and O–H groups in total. The fourth-order valence-corrected chi connectivity index (χ4v) is 5.45. The van der Waals surface area contributed by atoms with Crippen LogP contribution >= 0.6 is 47.8 Å². The molecule has 0 bridgehead atoms. The molecular weight excluding hydrogens is 436 g/mol. The quantitative estimate of drug-likeness (QED) is 0.693. The summed E-state index contributed by atoms with van der Waals surface area (Å²) in [7, 11) is 0. The summed E-state index contributed by atoms with van der Waals surface area (Å²) in [6.07, 6.45) is 4.01. The van der Waals surface area contributed by atoms with Gasteiger partial charge >= 0.3 is 0 Å². The van der Waals surface area contributed by atoms with Crippen molar-refractivity contribution in [3.8, 4) is 0 Å². The summed E-state index contributed by atoms with van der Waals surface area (Å²) in [5.41, 5.74) is 1.16. The van der Waals surface area contributed by atoms with Gasteiger partial charge in [-0.25, -0.2) is 0 Å². The number of hydrogen-bond acceptors (Lipinski definition) is 2. The van der Waals surface area contributed by atoms with Gasteiger partial charge < -0.3 is 5.32 Å². The Bertz CT molecular complexity index is 465. The second-order valence-corrected chi connectivity index (χ2v) is 8.22. The molecule has 2 atom stereocenters. The van der Waals surface area contributed by atoms with Crippen LogP contribution in [0.4, 0.5) is 5.69 Å². The lowest BCUT2D eigenvalue weighted by Crippen LogP contribution is -2.31.